The minimum atomic E-state index is -0.957. The van der Waals surface area contributed by atoms with Crippen LogP contribution in [0.4, 0.5) is 11.4 Å². The van der Waals surface area contributed by atoms with Gasteiger partial charge in [-0.05, 0) is 36.4 Å². The Kier molecular flexibility index (Phi) is 5.03. The lowest BCUT2D eigenvalue weighted by Gasteiger charge is -2.22. The molecule has 0 unspecified atom stereocenters. The topological polar surface area (TPSA) is 99.4 Å². The second-order valence-corrected chi connectivity index (χ2v) is 5.94. The predicted molar refractivity (Wildman–Crippen MR) is 102 cm³/mol. The second kappa shape index (κ2) is 7.57. The van der Waals surface area contributed by atoms with Crippen molar-refractivity contribution in [3.63, 3.8) is 0 Å². The van der Waals surface area contributed by atoms with E-state index in [9.17, 15) is 14.7 Å². The molecule has 0 radical (unpaired) electrons. The van der Waals surface area contributed by atoms with Gasteiger partial charge in [0.25, 0.3) is 5.56 Å². The average molecular weight is 349 g/mol. The Hall–Kier alpha value is -3.54. The van der Waals surface area contributed by atoms with E-state index in [0.717, 1.165) is 11.3 Å². The van der Waals surface area contributed by atoms with E-state index in [1.807, 2.05) is 42.5 Å². The molecule has 0 bridgehead atoms. The van der Waals surface area contributed by atoms with Gasteiger partial charge < -0.3 is 20.7 Å². The van der Waals surface area contributed by atoms with Gasteiger partial charge in [-0.3, -0.25) is 9.59 Å². The van der Waals surface area contributed by atoms with Gasteiger partial charge in [-0.1, -0.05) is 30.3 Å². The summed E-state index contributed by atoms with van der Waals surface area (Å²) in [6.45, 7) is 0.00325. The number of nitrogens with two attached hydrogens (primary N) is 1. The fraction of sp³-hybridized carbons (Fsp3) is 0.100. The molecule has 6 heteroatoms. The van der Waals surface area contributed by atoms with Gasteiger partial charge in [0.1, 0.15) is 6.54 Å². The Labute approximate surface area is 150 Å². The first-order valence-electron chi connectivity index (χ1n) is 8.13. The number of nitrogens with zero attached hydrogens (tertiary/aromatic N) is 1. The molecule has 3 rings (SSSR count). The van der Waals surface area contributed by atoms with Gasteiger partial charge in [0.2, 0.25) is 0 Å². The number of nitrogen functional groups attached to an aromatic ring is 1. The first-order chi connectivity index (χ1) is 12.5. The maximum absolute atomic E-state index is 12.5. The molecule has 0 atom stereocenters. The van der Waals surface area contributed by atoms with Gasteiger partial charge in [-0.2, -0.15) is 0 Å². The van der Waals surface area contributed by atoms with E-state index in [1.54, 1.807) is 29.2 Å². The number of aromatic nitrogens is 1. The average Bonchev–Trinajstić information content (AvgIpc) is 2.63. The maximum atomic E-state index is 12.5. The molecule has 0 saturated heterocycles. The van der Waals surface area contributed by atoms with Crippen LogP contribution in [-0.4, -0.2) is 22.6 Å². The number of carbonyl (C=O) groups is 1. The number of H-pyrrole nitrogens is 1. The quantitative estimate of drug-likeness (QED) is 0.594. The summed E-state index contributed by atoms with van der Waals surface area (Å²) in [5.41, 5.74) is 8.86. The number of hydrogen-bond acceptors (Lipinski definition) is 4. The fourth-order valence-electron chi connectivity index (χ4n) is 2.75. The minimum Gasteiger partial charge on any atom is -0.480 e. The summed E-state index contributed by atoms with van der Waals surface area (Å²) in [6, 6.07) is 19.9. The molecule has 3 aromatic rings. The van der Waals surface area contributed by atoms with Crippen LogP contribution < -0.4 is 16.2 Å². The summed E-state index contributed by atoms with van der Waals surface area (Å²) in [4.78, 5) is 28.2. The van der Waals surface area contributed by atoms with E-state index in [-0.39, 0.29) is 18.6 Å². The Bertz CT molecular complexity index is 967. The first kappa shape index (κ1) is 17.3. The van der Waals surface area contributed by atoms with Crippen LogP contribution in [0.3, 0.4) is 0 Å². The van der Waals surface area contributed by atoms with Crippen molar-refractivity contribution in [1.29, 1.82) is 0 Å². The Morgan fingerprint density at radius 3 is 2.46 bits per heavy atom. The molecule has 0 aliphatic rings. The number of aromatic amines is 1. The van der Waals surface area contributed by atoms with Crippen molar-refractivity contribution in [3.05, 3.63) is 82.6 Å². The van der Waals surface area contributed by atoms with Gasteiger partial charge in [0.15, 0.2) is 0 Å². The third-order valence-electron chi connectivity index (χ3n) is 4.00. The van der Waals surface area contributed by atoms with Crippen LogP contribution in [0.2, 0.25) is 0 Å². The Balaban J connectivity index is 1.88. The molecular formula is C20H19N3O3. The van der Waals surface area contributed by atoms with Crippen LogP contribution >= 0.6 is 0 Å². The highest BCUT2D eigenvalue weighted by Crippen LogP contribution is 2.19. The Morgan fingerprint density at radius 1 is 1.04 bits per heavy atom. The monoisotopic (exact) mass is 349 g/mol. The lowest BCUT2D eigenvalue weighted by atomic mass is 10.1. The van der Waals surface area contributed by atoms with Crippen LogP contribution in [0.25, 0.3) is 11.3 Å². The second-order valence-electron chi connectivity index (χ2n) is 5.94. The van der Waals surface area contributed by atoms with E-state index in [0.29, 0.717) is 16.9 Å². The molecule has 6 nitrogen and oxygen atoms in total. The molecule has 0 aliphatic carbocycles. The van der Waals surface area contributed by atoms with Gasteiger partial charge in [-0.15, -0.1) is 0 Å². The molecule has 0 fully saturated rings. The molecule has 132 valence electrons. The van der Waals surface area contributed by atoms with Crippen molar-refractivity contribution in [1.82, 2.24) is 4.98 Å². The third kappa shape index (κ3) is 4.10. The summed E-state index contributed by atoms with van der Waals surface area (Å²) >= 11 is 0. The van der Waals surface area contributed by atoms with Crippen LogP contribution in [0.5, 0.6) is 0 Å². The highest BCUT2D eigenvalue weighted by Gasteiger charge is 2.13. The van der Waals surface area contributed by atoms with Gasteiger partial charge in [0, 0.05) is 34.7 Å². The molecule has 0 aliphatic heterocycles. The van der Waals surface area contributed by atoms with E-state index in [4.69, 9.17) is 5.73 Å². The largest absolute Gasteiger partial charge is 0.480 e. The molecule has 0 saturated carbocycles. The molecule has 0 amide bonds. The molecule has 26 heavy (non-hydrogen) atoms. The van der Waals surface area contributed by atoms with Crippen molar-refractivity contribution in [2.24, 2.45) is 0 Å². The smallest absolute Gasteiger partial charge is 0.323 e. The predicted octanol–water partition coefficient (Wildman–Crippen LogP) is 2.72. The number of para-hydroxylation sites is 1. The summed E-state index contributed by atoms with van der Waals surface area (Å²) < 4.78 is 0. The van der Waals surface area contributed by atoms with Crippen molar-refractivity contribution in [2.45, 2.75) is 6.54 Å². The number of carboxylic acid groups (broad SMARTS) is 1. The SMILES string of the molecule is Nc1cccc(-c2ccc(CN(CC(=O)O)c3ccccc3)c(=O)[nH]2)c1. The van der Waals surface area contributed by atoms with E-state index >= 15 is 0 Å². The summed E-state index contributed by atoms with van der Waals surface area (Å²) in [5.74, 6) is -0.957. The highest BCUT2D eigenvalue weighted by atomic mass is 16.4. The number of benzene rings is 2. The first-order valence-corrected chi connectivity index (χ1v) is 8.13. The lowest BCUT2D eigenvalue weighted by Crippen LogP contribution is -2.31. The van der Waals surface area contributed by atoms with Gasteiger partial charge in [0.05, 0.1) is 0 Å². The fourth-order valence-corrected chi connectivity index (χ4v) is 2.75. The zero-order valence-electron chi connectivity index (χ0n) is 14.1. The van der Waals surface area contributed by atoms with Crippen LogP contribution in [-0.2, 0) is 11.3 Å². The third-order valence-corrected chi connectivity index (χ3v) is 4.00. The zero-order valence-corrected chi connectivity index (χ0v) is 14.1. The van der Waals surface area contributed by atoms with Gasteiger partial charge in [-0.25, -0.2) is 0 Å². The molecule has 2 aromatic carbocycles. The Morgan fingerprint density at radius 2 is 1.81 bits per heavy atom. The summed E-state index contributed by atoms with van der Waals surface area (Å²) in [6.07, 6.45) is 0. The normalized spacial score (nSPS) is 10.5. The summed E-state index contributed by atoms with van der Waals surface area (Å²) in [7, 11) is 0. The van der Waals surface area contributed by atoms with Crippen LogP contribution in [0.1, 0.15) is 5.56 Å². The van der Waals surface area contributed by atoms with Gasteiger partial charge >= 0.3 is 5.97 Å². The van der Waals surface area contributed by atoms with E-state index in [1.165, 1.54) is 0 Å². The van der Waals surface area contributed by atoms with Crippen LogP contribution in [0.15, 0.2) is 71.5 Å². The van der Waals surface area contributed by atoms with E-state index < -0.39 is 5.97 Å². The van der Waals surface area contributed by atoms with Crippen LogP contribution in [0, 0.1) is 0 Å². The van der Waals surface area contributed by atoms with Crippen molar-refractivity contribution < 1.29 is 9.90 Å². The van der Waals surface area contributed by atoms with Crippen molar-refractivity contribution in [2.75, 3.05) is 17.2 Å². The molecular weight excluding hydrogens is 330 g/mol. The lowest BCUT2D eigenvalue weighted by molar-refractivity contribution is -0.135. The standard InChI is InChI=1S/C20H19N3O3/c21-16-6-4-5-14(11-16)18-10-9-15(20(26)22-18)12-23(13-19(24)25)17-7-2-1-3-8-17/h1-11H,12-13,21H2,(H,22,26)(H,24,25). The molecule has 0 spiro atoms. The number of nitrogens with one attached hydrogen (secondary N) is 1. The van der Waals surface area contributed by atoms with Crippen molar-refractivity contribution in [3.8, 4) is 11.3 Å². The molecule has 1 aromatic heterocycles. The number of rotatable bonds is 6. The molecule has 1 heterocycles. The minimum absolute atomic E-state index is 0.194. The molecule has 4 N–H and O–H groups in total. The zero-order chi connectivity index (χ0) is 18.5. The van der Waals surface area contributed by atoms with Crippen molar-refractivity contribution >= 4 is 17.3 Å². The number of carboxylic acids is 1. The number of aliphatic carboxylic acids is 1. The highest BCUT2D eigenvalue weighted by molar-refractivity contribution is 5.73. The number of anilines is 2. The van der Waals surface area contributed by atoms with E-state index in [2.05, 4.69) is 4.98 Å². The maximum Gasteiger partial charge on any atom is 0.323 e. The number of pyridine rings is 1. The summed E-state index contributed by atoms with van der Waals surface area (Å²) in [5, 5.41) is 9.17. The number of hydrogen-bond donors (Lipinski definition) is 3.